The monoisotopic (exact) mass is 516 g/mol. The summed E-state index contributed by atoms with van der Waals surface area (Å²) in [6.45, 7) is 0.688. The number of ether oxygens (including phenoxy) is 1. The van der Waals surface area contributed by atoms with Crippen molar-refractivity contribution in [2.75, 3.05) is 13.1 Å². The zero-order chi connectivity index (χ0) is 25.9. The lowest BCUT2D eigenvalue weighted by Crippen LogP contribution is -2.44. The van der Waals surface area contributed by atoms with Crippen LogP contribution in [0.2, 0.25) is 5.02 Å². The first-order valence-electron chi connectivity index (χ1n) is 11.5. The normalized spacial score (nSPS) is 22.5. The second kappa shape index (κ2) is 8.40. The minimum absolute atomic E-state index is 0.0303. The fourth-order valence-electron chi connectivity index (χ4n) is 5.07. The number of rotatable bonds is 3. The Labute approximate surface area is 215 Å². The van der Waals surface area contributed by atoms with Crippen LogP contribution >= 0.6 is 11.6 Å². The topological polar surface area (TPSA) is 95.9 Å². The summed E-state index contributed by atoms with van der Waals surface area (Å²) < 4.78 is 19.1. The third kappa shape index (κ3) is 3.41. The molecule has 1 fully saturated rings. The van der Waals surface area contributed by atoms with Gasteiger partial charge in [-0.2, -0.15) is 0 Å². The minimum Gasteiger partial charge on any atom is -0.422 e. The van der Waals surface area contributed by atoms with Crippen molar-refractivity contribution < 1.29 is 28.6 Å². The lowest BCUT2D eigenvalue weighted by atomic mass is 9.82. The molecule has 9 heteroatoms. The van der Waals surface area contributed by atoms with E-state index in [0.717, 1.165) is 12.1 Å². The van der Waals surface area contributed by atoms with Crippen molar-refractivity contribution in [2.24, 2.45) is 0 Å². The summed E-state index contributed by atoms with van der Waals surface area (Å²) in [6, 6.07) is 17.6. The highest BCUT2D eigenvalue weighted by Crippen LogP contribution is 2.51. The van der Waals surface area contributed by atoms with Gasteiger partial charge in [0.25, 0.3) is 0 Å². The Kier molecular flexibility index (Phi) is 5.25. The fraction of sp³-hybridized carbons (Fsp3) is 0.107. The first-order valence-corrected chi connectivity index (χ1v) is 11.8. The highest BCUT2D eigenvalue weighted by atomic mass is 35.5. The van der Waals surface area contributed by atoms with E-state index < -0.39 is 34.7 Å². The summed E-state index contributed by atoms with van der Waals surface area (Å²) in [7, 11) is 0. The molecule has 1 unspecified atom stereocenters. The molecule has 3 aromatic carbocycles. The Balaban J connectivity index is 1.66. The molecule has 0 aliphatic carbocycles. The van der Waals surface area contributed by atoms with Crippen LogP contribution in [0.1, 0.15) is 26.3 Å². The molecule has 3 heterocycles. The quantitative estimate of drug-likeness (QED) is 0.180. The van der Waals surface area contributed by atoms with Gasteiger partial charge in [0.2, 0.25) is 5.78 Å². The van der Waals surface area contributed by atoms with Crippen molar-refractivity contribution >= 4 is 29.1 Å². The molecule has 3 aliphatic heterocycles. The van der Waals surface area contributed by atoms with Crippen molar-refractivity contribution in [3.63, 3.8) is 0 Å². The molecule has 184 valence electrons. The van der Waals surface area contributed by atoms with Gasteiger partial charge in [-0.3, -0.25) is 9.59 Å². The first-order chi connectivity index (χ1) is 17.8. The van der Waals surface area contributed by atoms with Gasteiger partial charge in [0, 0.05) is 34.8 Å². The highest BCUT2D eigenvalue weighted by Gasteiger charge is 2.56. The van der Waals surface area contributed by atoms with Crippen LogP contribution in [0.15, 0.2) is 95.3 Å². The van der Waals surface area contributed by atoms with Gasteiger partial charge >= 0.3 is 5.97 Å². The predicted octanol–water partition coefficient (Wildman–Crippen LogP) is 3.74. The second-order valence-corrected chi connectivity index (χ2v) is 9.22. The molecule has 37 heavy (non-hydrogen) atoms. The van der Waals surface area contributed by atoms with E-state index in [1.165, 1.54) is 30.3 Å². The highest BCUT2D eigenvalue weighted by molar-refractivity contribution is 6.33. The van der Waals surface area contributed by atoms with E-state index >= 15 is 0 Å². The number of benzene rings is 3. The van der Waals surface area contributed by atoms with Crippen LogP contribution in [0.3, 0.4) is 0 Å². The summed E-state index contributed by atoms with van der Waals surface area (Å²) in [5.74, 6) is -2.57. The summed E-state index contributed by atoms with van der Waals surface area (Å²) in [5.41, 5.74) is -2.30. The zero-order valence-corrected chi connectivity index (χ0v) is 19.9. The number of Topliss-reactive ketones (excluding diaryl/α,β-unsaturated/α-hetero) is 2. The molecule has 0 amide bonds. The first kappa shape index (κ1) is 23.1. The van der Waals surface area contributed by atoms with E-state index in [-0.39, 0.29) is 45.4 Å². The summed E-state index contributed by atoms with van der Waals surface area (Å²) >= 11 is 6.12. The SMILES string of the molecule is O=C1Oc2ccc(Cl)cc2C(=O)C1=C1C(C(=O)c2ccc(F)cc2)=C2NCCN2C1(O)c1ccccc1. The number of hydrogen-bond acceptors (Lipinski definition) is 7. The van der Waals surface area contributed by atoms with Crippen LogP contribution < -0.4 is 10.1 Å². The number of halogens is 2. The van der Waals surface area contributed by atoms with Crippen LogP contribution in [0, 0.1) is 5.82 Å². The number of nitrogens with one attached hydrogen (secondary N) is 1. The van der Waals surface area contributed by atoms with Crippen LogP contribution in [0.5, 0.6) is 5.75 Å². The minimum atomic E-state index is -2.05. The largest absolute Gasteiger partial charge is 0.422 e. The van der Waals surface area contributed by atoms with Crippen molar-refractivity contribution in [3.05, 3.63) is 123 Å². The molecule has 0 spiro atoms. The van der Waals surface area contributed by atoms with Crippen molar-refractivity contribution in [1.82, 2.24) is 10.2 Å². The number of aliphatic hydroxyl groups is 1. The second-order valence-electron chi connectivity index (χ2n) is 8.79. The number of carbonyl (C=O) groups is 3. The molecule has 6 rings (SSSR count). The molecule has 2 N–H and O–H groups in total. The standard InChI is InChI=1S/C28H18ClFN2O5/c29-17-8-11-20-19(14-17)25(34)22(27(35)37-20)23-21(24(33)15-6-9-18(30)10-7-15)26-31-12-13-32(26)28(23,36)16-4-2-1-3-5-16/h1-11,14,31,36H,12-13H2. The molecule has 3 aromatic rings. The number of carbonyl (C=O) groups excluding carboxylic acids is 3. The number of esters is 1. The molecular formula is C28H18ClFN2O5. The van der Waals surface area contributed by atoms with Gasteiger partial charge in [0.05, 0.1) is 11.1 Å². The molecule has 1 atom stereocenters. The third-order valence-corrected chi connectivity index (χ3v) is 6.94. The van der Waals surface area contributed by atoms with Gasteiger partial charge in [0.1, 0.15) is 23.0 Å². The molecule has 7 nitrogen and oxygen atoms in total. The van der Waals surface area contributed by atoms with E-state index in [1.54, 1.807) is 35.2 Å². The van der Waals surface area contributed by atoms with Crippen LogP contribution in [-0.2, 0) is 10.5 Å². The van der Waals surface area contributed by atoms with E-state index in [9.17, 15) is 23.9 Å². The van der Waals surface area contributed by atoms with Gasteiger partial charge in [-0.25, -0.2) is 9.18 Å². The fourth-order valence-corrected chi connectivity index (χ4v) is 5.24. The average molecular weight is 517 g/mol. The van der Waals surface area contributed by atoms with Gasteiger partial charge in [0.15, 0.2) is 11.5 Å². The molecule has 0 aromatic heterocycles. The average Bonchev–Trinajstić information content (AvgIpc) is 3.47. The number of nitrogens with zero attached hydrogens (tertiary/aromatic N) is 1. The Morgan fingerprint density at radius 3 is 2.51 bits per heavy atom. The van der Waals surface area contributed by atoms with E-state index in [1.807, 2.05) is 0 Å². The molecule has 0 saturated carbocycles. The van der Waals surface area contributed by atoms with Gasteiger partial charge < -0.3 is 20.1 Å². The van der Waals surface area contributed by atoms with E-state index in [4.69, 9.17) is 16.3 Å². The Hall–Kier alpha value is -4.27. The molecule has 3 aliphatic rings. The Morgan fingerprint density at radius 1 is 1.05 bits per heavy atom. The lowest BCUT2D eigenvalue weighted by molar-refractivity contribution is -0.130. The molecule has 1 saturated heterocycles. The van der Waals surface area contributed by atoms with E-state index in [2.05, 4.69) is 5.32 Å². The number of fused-ring (bicyclic) bond motifs is 2. The molecule has 0 radical (unpaired) electrons. The maximum Gasteiger partial charge on any atom is 0.348 e. The lowest BCUT2D eigenvalue weighted by Gasteiger charge is -2.36. The molecular weight excluding hydrogens is 499 g/mol. The number of ketones is 2. The Bertz CT molecular complexity index is 1570. The maximum absolute atomic E-state index is 13.9. The van der Waals surface area contributed by atoms with Crippen molar-refractivity contribution in [3.8, 4) is 5.75 Å². The van der Waals surface area contributed by atoms with E-state index in [0.29, 0.717) is 12.1 Å². The van der Waals surface area contributed by atoms with Gasteiger partial charge in [-0.1, -0.05) is 41.9 Å². The van der Waals surface area contributed by atoms with Crippen molar-refractivity contribution in [1.29, 1.82) is 0 Å². The maximum atomic E-state index is 13.9. The van der Waals surface area contributed by atoms with Crippen LogP contribution in [-0.4, -0.2) is 40.6 Å². The predicted molar refractivity (Wildman–Crippen MR) is 131 cm³/mol. The van der Waals surface area contributed by atoms with Crippen molar-refractivity contribution in [2.45, 2.75) is 5.72 Å². The summed E-state index contributed by atoms with van der Waals surface area (Å²) in [5, 5.41) is 15.7. The smallest absolute Gasteiger partial charge is 0.348 e. The third-order valence-electron chi connectivity index (χ3n) is 6.70. The zero-order valence-electron chi connectivity index (χ0n) is 19.1. The van der Waals surface area contributed by atoms with Crippen LogP contribution in [0.4, 0.5) is 4.39 Å². The van der Waals surface area contributed by atoms with Gasteiger partial charge in [-0.15, -0.1) is 0 Å². The van der Waals surface area contributed by atoms with Crippen LogP contribution in [0.25, 0.3) is 0 Å². The summed E-state index contributed by atoms with van der Waals surface area (Å²) in [4.78, 5) is 42.6. The Morgan fingerprint density at radius 2 is 1.78 bits per heavy atom. The molecule has 0 bridgehead atoms. The van der Waals surface area contributed by atoms with Gasteiger partial charge in [-0.05, 0) is 42.5 Å². The number of hydrogen-bond donors (Lipinski definition) is 2. The summed E-state index contributed by atoms with van der Waals surface area (Å²) in [6.07, 6.45) is 0.